The summed E-state index contributed by atoms with van der Waals surface area (Å²) >= 11 is 0. The predicted octanol–water partition coefficient (Wildman–Crippen LogP) is 2.40. The highest BCUT2D eigenvalue weighted by Gasteiger charge is 2.16. The molecule has 1 saturated heterocycles. The van der Waals surface area contributed by atoms with E-state index in [1.807, 2.05) is 6.07 Å². The van der Waals surface area contributed by atoms with Crippen molar-refractivity contribution in [1.82, 2.24) is 5.32 Å². The van der Waals surface area contributed by atoms with Gasteiger partial charge in [-0.2, -0.15) is 0 Å². The Balaban J connectivity index is 1.91. The molecule has 0 amide bonds. The molecule has 1 aliphatic heterocycles. The van der Waals surface area contributed by atoms with Gasteiger partial charge in [-0.1, -0.05) is 6.07 Å². The summed E-state index contributed by atoms with van der Waals surface area (Å²) in [4.78, 5) is 0. The van der Waals surface area contributed by atoms with Crippen LogP contribution in [0.1, 0.15) is 25.3 Å². The predicted molar refractivity (Wildman–Crippen MR) is 79.7 cm³/mol. The molecule has 1 heterocycles. The fraction of sp³-hybridized carbons (Fsp3) is 0.625. The van der Waals surface area contributed by atoms with Gasteiger partial charge in [0.25, 0.3) is 0 Å². The lowest BCUT2D eigenvalue weighted by Crippen LogP contribution is -2.41. The molecule has 1 aromatic rings. The lowest BCUT2D eigenvalue weighted by Gasteiger charge is -2.27. The molecule has 4 nitrogen and oxygen atoms in total. The van der Waals surface area contributed by atoms with E-state index in [9.17, 15) is 0 Å². The summed E-state index contributed by atoms with van der Waals surface area (Å²) in [6.07, 6.45) is 3.20. The molecule has 1 atom stereocenters. The van der Waals surface area contributed by atoms with Crippen LogP contribution in [0.3, 0.4) is 0 Å². The van der Waals surface area contributed by atoms with Crippen molar-refractivity contribution in [3.8, 4) is 11.5 Å². The molecule has 0 spiro atoms. The van der Waals surface area contributed by atoms with Crippen LogP contribution in [0, 0.1) is 0 Å². The Morgan fingerprint density at radius 3 is 2.55 bits per heavy atom. The van der Waals surface area contributed by atoms with Gasteiger partial charge in [-0.3, -0.25) is 0 Å². The van der Waals surface area contributed by atoms with Crippen LogP contribution in [0.2, 0.25) is 0 Å². The molecule has 112 valence electrons. The van der Waals surface area contributed by atoms with E-state index in [0.717, 1.165) is 44.0 Å². The molecule has 1 aliphatic rings. The molecule has 0 radical (unpaired) electrons. The zero-order chi connectivity index (χ0) is 14.4. The molecule has 4 heteroatoms. The number of hydrogen-bond donors (Lipinski definition) is 1. The van der Waals surface area contributed by atoms with Crippen molar-refractivity contribution in [2.24, 2.45) is 0 Å². The van der Waals surface area contributed by atoms with E-state index in [-0.39, 0.29) is 0 Å². The maximum absolute atomic E-state index is 5.38. The maximum atomic E-state index is 5.38. The summed E-state index contributed by atoms with van der Waals surface area (Å²) in [6, 6.07) is 7.15. The summed E-state index contributed by atoms with van der Waals surface area (Å²) in [5, 5.41) is 3.68. The second kappa shape index (κ2) is 7.50. The third kappa shape index (κ3) is 4.12. The Kier molecular flexibility index (Phi) is 5.68. The van der Waals surface area contributed by atoms with Gasteiger partial charge in [-0.25, -0.2) is 0 Å². The van der Waals surface area contributed by atoms with Crippen molar-refractivity contribution < 1.29 is 14.2 Å². The van der Waals surface area contributed by atoms with E-state index in [4.69, 9.17) is 14.2 Å². The number of nitrogens with one attached hydrogen (secondary N) is 1. The Morgan fingerprint density at radius 1 is 1.20 bits per heavy atom. The number of ether oxygens (including phenoxy) is 3. The van der Waals surface area contributed by atoms with Crippen molar-refractivity contribution in [2.45, 2.75) is 38.3 Å². The molecular weight excluding hydrogens is 254 g/mol. The van der Waals surface area contributed by atoms with E-state index >= 15 is 0 Å². The molecule has 1 aromatic carbocycles. The summed E-state index contributed by atoms with van der Waals surface area (Å²) in [5.41, 5.74) is 1.26. The largest absolute Gasteiger partial charge is 0.493 e. The minimum Gasteiger partial charge on any atom is -0.493 e. The monoisotopic (exact) mass is 279 g/mol. The first kappa shape index (κ1) is 15.1. The molecule has 0 bridgehead atoms. The van der Waals surface area contributed by atoms with Crippen LogP contribution in [0.5, 0.6) is 11.5 Å². The Labute approximate surface area is 121 Å². The highest BCUT2D eigenvalue weighted by Crippen LogP contribution is 2.28. The van der Waals surface area contributed by atoms with Crippen molar-refractivity contribution in [2.75, 3.05) is 27.4 Å². The van der Waals surface area contributed by atoms with Gasteiger partial charge in [0.05, 0.1) is 14.2 Å². The standard InChI is InChI=1S/C16H25NO3/c1-12(17-14-6-8-20-9-7-14)10-13-4-5-15(18-2)16(11-13)19-3/h4-5,11-12,14,17H,6-10H2,1-3H3. The second-order valence-corrected chi connectivity index (χ2v) is 5.35. The van der Waals surface area contributed by atoms with Crippen LogP contribution in [-0.2, 0) is 11.2 Å². The van der Waals surface area contributed by atoms with Crippen LogP contribution in [-0.4, -0.2) is 39.5 Å². The number of benzene rings is 1. The van der Waals surface area contributed by atoms with Crippen molar-refractivity contribution in [1.29, 1.82) is 0 Å². The lowest BCUT2D eigenvalue weighted by atomic mass is 10.0. The molecular formula is C16H25NO3. The fourth-order valence-corrected chi connectivity index (χ4v) is 2.69. The summed E-state index contributed by atoms with van der Waals surface area (Å²) in [6.45, 7) is 3.98. The molecule has 0 aromatic heterocycles. The maximum Gasteiger partial charge on any atom is 0.160 e. The third-order valence-corrected chi connectivity index (χ3v) is 3.73. The first-order valence-corrected chi connectivity index (χ1v) is 7.27. The Hall–Kier alpha value is -1.26. The van der Waals surface area contributed by atoms with Crippen molar-refractivity contribution >= 4 is 0 Å². The van der Waals surface area contributed by atoms with E-state index in [1.165, 1.54) is 5.56 Å². The number of methoxy groups -OCH3 is 2. The molecule has 1 N–H and O–H groups in total. The molecule has 1 unspecified atom stereocenters. The van der Waals surface area contributed by atoms with Gasteiger partial charge >= 0.3 is 0 Å². The van der Waals surface area contributed by atoms with Crippen molar-refractivity contribution in [3.63, 3.8) is 0 Å². The fourth-order valence-electron chi connectivity index (χ4n) is 2.69. The number of rotatable bonds is 6. The highest BCUT2D eigenvalue weighted by atomic mass is 16.5. The van der Waals surface area contributed by atoms with E-state index in [0.29, 0.717) is 12.1 Å². The van der Waals surface area contributed by atoms with Crippen LogP contribution in [0.4, 0.5) is 0 Å². The Bertz CT molecular complexity index is 416. The molecule has 2 rings (SSSR count). The quantitative estimate of drug-likeness (QED) is 0.868. The van der Waals surface area contributed by atoms with Gasteiger partial charge < -0.3 is 19.5 Å². The van der Waals surface area contributed by atoms with E-state index < -0.39 is 0 Å². The summed E-state index contributed by atoms with van der Waals surface area (Å²) < 4.78 is 16.0. The number of hydrogen-bond acceptors (Lipinski definition) is 4. The summed E-state index contributed by atoms with van der Waals surface area (Å²) in [5.74, 6) is 1.57. The first-order valence-electron chi connectivity index (χ1n) is 7.27. The minimum absolute atomic E-state index is 0.441. The van der Waals surface area contributed by atoms with Gasteiger partial charge in [0, 0.05) is 25.3 Å². The van der Waals surface area contributed by atoms with Gasteiger partial charge in [-0.05, 0) is 43.9 Å². The second-order valence-electron chi connectivity index (χ2n) is 5.35. The van der Waals surface area contributed by atoms with Crippen LogP contribution in [0.25, 0.3) is 0 Å². The average molecular weight is 279 g/mol. The van der Waals surface area contributed by atoms with Crippen LogP contribution >= 0.6 is 0 Å². The molecule has 20 heavy (non-hydrogen) atoms. The van der Waals surface area contributed by atoms with E-state index in [2.05, 4.69) is 24.4 Å². The topological polar surface area (TPSA) is 39.7 Å². The third-order valence-electron chi connectivity index (χ3n) is 3.73. The van der Waals surface area contributed by atoms with Gasteiger partial charge in [0.1, 0.15) is 0 Å². The van der Waals surface area contributed by atoms with Gasteiger partial charge in [-0.15, -0.1) is 0 Å². The average Bonchev–Trinajstić information content (AvgIpc) is 2.48. The van der Waals surface area contributed by atoms with Gasteiger partial charge in [0.15, 0.2) is 11.5 Å². The minimum atomic E-state index is 0.441. The first-order chi connectivity index (χ1) is 9.72. The SMILES string of the molecule is COc1ccc(CC(C)NC2CCOCC2)cc1OC. The molecule has 0 aliphatic carbocycles. The van der Waals surface area contributed by atoms with Crippen molar-refractivity contribution in [3.05, 3.63) is 23.8 Å². The van der Waals surface area contributed by atoms with Gasteiger partial charge in [0.2, 0.25) is 0 Å². The van der Waals surface area contributed by atoms with Crippen LogP contribution < -0.4 is 14.8 Å². The highest BCUT2D eigenvalue weighted by molar-refractivity contribution is 5.43. The molecule has 0 saturated carbocycles. The normalized spacial score (nSPS) is 17.8. The zero-order valence-corrected chi connectivity index (χ0v) is 12.6. The zero-order valence-electron chi connectivity index (χ0n) is 12.6. The smallest absolute Gasteiger partial charge is 0.160 e. The molecule has 1 fully saturated rings. The van der Waals surface area contributed by atoms with Crippen LogP contribution in [0.15, 0.2) is 18.2 Å². The lowest BCUT2D eigenvalue weighted by molar-refractivity contribution is 0.0755. The Morgan fingerprint density at radius 2 is 1.90 bits per heavy atom. The van der Waals surface area contributed by atoms with E-state index in [1.54, 1.807) is 14.2 Å². The summed E-state index contributed by atoms with van der Waals surface area (Å²) in [7, 11) is 3.33.